The van der Waals surface area contributed by atoms with Gasteiger partial charge >= 0.3 is 0 Å². The average molecular weight is 127 g/mol. The van der Waals surface area contributed by atoms with Gasteiger partial charge < -0.3 is 4.98 Å². The number of hydrogen-bond donors (Lipinski definition) is 1. The van der Waals surface area contributed by atoms with E-state index in [-0.39, 0.29) is 0 Å². The normalized spacial score (nSPS) is 9.62. The van der Waals surface area contributed by atoms with Crippen molar-refractivity contribution in [2.24, 2.45) is 0 Å². The van der Waals surface area contributed by atoms with Crippen LogP contribution in [0.1, 0.15) is 6.92 Å². The third-order valence-electron chi connectivity index (χ3n) is 0.712. The van der Waals surface area contributed by atoms with Gasteiger partial charge in [-0.05, 0) is 0 Å². The second-order valence-electron chi connectivity index (χ2n) is 1.26. The summed E-state index contributed by atoms with van der Waals surface area (Å²) >= 11 is 1.61. The van der Waals surface area contributed by atoms with Crippen molar-refractivity contribution >= 4 is 11.8 Å². The van der Waals surface area contributed by atoms with Crippen molar-refractivity contribution in [1.82, 2.24) is 9.97 Å². The summed E-state index contributed by atoms with van der Waals surface area (Å²) in [6.45, 7) is 1.99. The van der Waals surface area contributed by atoms with Crippen LogP contribution in [-0.4, -0.2) is 9.97 Å². The molecule has 0 fully saturated rings. The van der Waals surface area contributed by atoms with Gasteiger partial charge in [-0.2, -0.15) is 0 Å². The largest absolute Gasteiger partial charge is 0.350 e. The zero-order valence-corrected chi connectivity index (χ0v) is 5.40. The van der Waals surface area contributed by atoms with Crippen molar-refractivity contribution in [3.05, 3.63) is 18.3 Å². The van der Waals surface area contributed by atoms with Crippen molar-refractivity contribution in [2.45, 2.75) is 11.9 Å². The predicted octanol–water partition coefficient (Wildman–Crippen LogP) is 1.68. The molecule has 1 aromatic heterocycles. The number of hydrogen-bond acceptors (Lipinski definition) is 2. The van der Waals surface area contributed by atoms with Gasteiger partial charge in [0.2, 0.25) is 0 Å². The van der Waals surface area contributed by atoms with Gasteiger partial charge in [0.1, 0.15) is 5.03 Å². The second-order valence-corrected chi connectivity index (χ2v) is 2.39. The lowest BCUT2D eigenvalue weighted by Gasteiger charge is -1.83. The van der Waals surface area contributed by atoms with Crippen LogP contribution in [0, 0.1) is 5.75 Å². The minimum absolute atomic E-state index is 1.02. The summed E-state index contributed by atoms with van der Waals surface area (Å²) in [5.74, 6) is 2.00. The maximum Gasteiger partial charge on any atom is 0.114 e. The monoisotopic (exact) mass is 127 g/mol. The van der Waals surface area contributed by atoms with E-state index in [4.69, 9.17) is 0 Å². The maximum atomic E-state index is 3.98. The summed E-state index contributed by atoms with van der Waals surface area (Å²) in [6, 6.07) is 0. The Labute approximate surface area is 52.7 Å². The van der Waals surface area contributed by atoms with E-state index in [1.54, 1.807) is 18.1 Å². The number of nitrogens with one attached hydrogen (secondary N) is 1. The van der Waals surface area contributed by atoms with Crippen LogP contribution in [0.2, 0.25) is 0 Å². The summed E-state index contributed by atoms with van der Waals surface area (Å²) in [5, 5.41) is 1.02. The Morgan fingerprint density at radius 1 is 1.88 bits per heavy atom. The average Bonchev–Trinajstić information content (AvgIpc) is 2.19. The van der Waals surface area contributed by atoms with Crippen molar-refractivity contribution in [2.75, 3.05) is 0 Å². The molecule has 8 heavy (non-hydrogen) atoms. The molecule has 0 aliphatic rings. The van der Waals surface area contributed by atoms with E-state index in [0.717, 1.165) is 5.03 Å². The third kappa shape index (κ3) is 1.26. The zero-order valence-electron chi connectivity index (χ0n) is 4.59. The number of thioether (sulfide) groups is 1. The Bertz CT molecular complexity index is 136. The lowest BCUT2D eigenvalue weighted by atomic mass is 10.9. The first-order valence-electron chi connectivity index (χ1n) is 2.37. The maximum absolute atomic E-state index is 3.98. The number of rotatable bonds is 2. The standard InChI is InChI=1S/C5H7N2S/c1-2-8-5-3-6-4-7-5/h2-4H,1H3,(H,6,7). The van der Waals surface area contributed by atoms with E-state index in [1.807, 2.05) is 18.9 Å². The number of H-pyrrole nitrogens is 1. The SMILES string of the molecule is C[CH]Sc1c[nH]cn1. The molecule has 1 heterocycles. The molecule has 1 aromatic rings. The summed E-state index contributed by atoms with van der Waals surface area (Å²) in [7, 11) is 0. The van der Waals surface area contributed by atoms with E-state index >= 15 is 0 Å². The molecule has 0 saturated carbocycles. The van der Waals surface area contributed by atoms with Crippen molar-refractivity contribution in [3.8, 4) is 0 Å². The first kappa shape index (κ1) is 5.69. The fourth-order valence-electron chi connectivity index (χ4n) is 0.432. The third-order valence-corrected chi connectivity index (χ3v) is 1.41. The molecule has 0 aromatic carbocycles. The molecule has 1 N–H and O–H groups in total. The summed E-state index contributed by atoms with van der Waals surface area (Å²) in [4.78, 5) is 6.84. The van der Waals surface area contributed by atoms with Crippen LogP contribution < -0.4 is 0 Å². The van der Waals surface area contributed by atoms with Crippen molar-refractivity contribution < 1.29 is 0 Å². The molecule has 0 atom stereocenters. The van der Waals surface area contributed by atoms with Gasteiger partial charge in [-0.3, -0.25) is 0 Å². The molecule has 2 nitrogen and oxygen atoms in total. The lowest BCUT2D eigenvalue weighted by molar-refractivity contribution is 1.20. The van der Waals surface area contributed by atoms with Crippen molar-refractivity contribution in [1.29, 1.82) is 0 Å². The van der Waals surface area contributed by atoms with Crippen LogP contribution in [0.4, 0.5) is 0 Å². The van der Waals surface area contributed by atoms with E-state index in [9.17, 15) is 0 Å². The van der Waals surface area contributed by atoms with Gasteiger partial charge in [0.05, 0.1) is 6.33 Å². The van der Waals surface area contributed by atoms with Crippen LogP contribution in [-0.2, 0) is 0 Å². The molecular formula is C5H7N2S. The molecule has 0 spiro atoms. The van der Waals surface area contributed by atoms with Crippen LogP contribution in [0.25, 0.3) is 0 Å². The molecule has 0 amide bonds. The molecule has 43 valence electrons. The van der Waals surface area contributed by atoms with Gasteiger partial charge in [-0.1, -0.05) is 6.92 Å². The van der Waals surface area contributed by atoms with Crippen molar-refractivity contribution in [3.63, 3.8) is 0 Å². The zero-order chi connectivity index (χ0) is 5.82. The molecule has 3 heteroatoms. The first-order valence-corrected chi connectivity index (χ1v) is 3.24. The van der Waals surface area contributed by atoms with E-state index in [2.05, 4.69) is 9.97 Å². The highest BCUT2D eigenvalue weighted by molar-refractivity contribution is 8.01. The Morgan fingerprint density at radius 2 is 2.75 bits per heavy atom. The van der Waals surface area contributed by atoms with Crippen LogP contribution in [0.5, 0.6) is 0 Å². The summed E-state index contributed by atoms with van der Waals surface area (Å²) < 4.78 is 0. The topological polar surface area (TPSA) is 28.7 Å². The second kappa shape index (κ2) is 2.77. The minimum atomic E-state index is 1.02. The first-order chi connectivity index (χ1) is 3.93. The van der Waals surface area contributed by atoms with E-state index in [1.165, 1.54) is 0 Å². The highest BCUT2D eigenvalue weighted by Gasteiger charge is 1.88. The van der Waals surface area contributed by atoms with E-state index < -0.39 is 0 Å². The van der Waals surface area contributed by atoms with Gasteiger partial charge in [0.25, 0.3) is 0 Å². The minimum Gasteiger partial charge on any atom is -0.350 e. The van der Waals surface area contributed by atoms with Gasteiger partial charge in [-0.25, -0.2) is 4.98 Å². The molecule has 0 bridgehead atoms. The van der Waals surface area contributed by atoms with Crippen LogP contribution in [0.15, 0.2) is 17.6 Å². The van der Waals surface area contributed by atoms with E-state index in [0.29, 0.717) is 0 Å². The molecule has 0 aliphatic heterocycles. The molecule has 1 rings (SSSR count). The molecule has 1 radical (unpaired) electrons. The van der Waals surface area contributed by atoms with Gasteiger partial charge in [0, 0.05) is 11.9 Å². The number of imidazole rings is 1. The number of aromatic nitrogens is 2. The molecular weight excluding hydrogens is 120 g/mol. The quantitative estimate of drug-likeness (QED) is 0.612. The Hall–Kier alpha value is -0.440. The van der Waals surface area contributed by atoms with Crippen LogP contribution >= 0.6 is 11.8 Å². The molecule has 0 aliphatic carbocycles. The Balaban J connectivity index is 2.50. The lowest BCUT2D eigenvalue weighted by Crippen LogP contribution is -1.62. The van der Waals surface area contributed by atoms with Gasteiger partial charge in [0.15, 0.2) is 0 Å². The Morgan fingerprint density at radius 3 is 3.25 bits per heavy atom. The summed E-state index contributed by atoms with van der Waals surface area (Å²) in [6.07, 6.45) is 3.54. The highest BCUT2D eigenvalue weighted by Crippen LogP contribution is 2.14. The number of aromatic amines is 1. The number of nitrogens with zero attached hydrogens (tertiary/aromatic N) is 1. The Kier molecular flexibility index (Phi) is 1.97. The summed E-state index contributed by atoms with van der Waals surface area (Å²) in [5.41, 5.74) is 0. The molecule has 0 unspecified atom stereocenters. The molecule has 0 saturated heterocycles. The smallest absolute Gasteiger partial charge is 0.114 e. The van der Waals surface area contributed by atoms with Gasteiger partial charge in [-0.15, -0.1) is 11.8 Å². The van der Waals surface area contributed by atoms with Crippen LogP contribution in [0.3, 0.4) is 0 Å². The highest BCUT2D eigenvalue weighted by atomic mass is 32.2. The fourth-order valence-corrected chi connectivity index (χ4v) is 0.923. The predicted molar refractivity (Wildman–Crippen MR) is 34.4 cm³/mol. The fraction of sp³-hybridized carbons (Fsp3) is 0.200.